The van der Waals surface area contributed by atoms with E-state index >= 15 is 0 Å². The highest BCUT2D eigenvalue weighted by atomic mass is 19.3. The van der Waals surface area contributed by atoms with Crippen molar-refractivity contribution in [1.29, 1.82) is 0 Å². The smallest absolute Gasteiger partial charge is 0.387 e. The number of nitrogens with two attached hydrogens (primary N) is 1. The van der Waals surface area contributed by atoms with Gasteiger partial charge in [-0.05, 0) is 24.6 Å². The minimum Gasteiger partial charge on any atom is -0.435 e. The molecule has 0 fully saturated rings. The maximum Gasteiger partial charge on any atom is 0.387 e. The second-order valence-electron chi connectivity index (χ2n) is 4.12. The van der Waals surface area contributed by atoms with Gasteiger partial charge in [-0.3, -0.25) is 5.84 Å². The summed E-state index contributed by atoms with van der Waals surface area (Å²) in [6.07, 6.45) is 3.50. The number of hydrazine groups is 1. The lowest BCUT2D eigenvalue weighted by Crippen LogP contribution is -2.31. The number of rotatable bonds is 6. The highest BCUT2D eigenvalue weighted by molar-refractivity contribution is 5.33. The Morgan fingerprint density at radius 1 is 1.45 bits per heavy atom. The molecule has 0 bridgehead atoms. The molecule has 0 radical (unpaired) electrons. The van der Waals surface area contributed by atoms with Gasteiger partial charge >= 0.3 is 6.61 Å². The van der Waals surface area contributed by atoms with E-state index in [0.717, 1.165) is 6.54 Å². The maximum atomic E-state index is 12.2. The first-order chi connectivity index (χ1) is 9.65. The van der Waals surface area contributed by atoms with Crippen LogP contribution in [0.1, 0.15) is 24.4 Å². The van der Waals surface area contributed by atoms with Crippen LogP contribution in [0.5, 0.6) is 5.75 Å². The summed E-state index contributed by atoms with van der Waals surface area (Å²) in [7, 11) is 0. The first-order valence-corrected chi connectivity index (χ1v) is 6.17. The summed E-state index contributed by atoms with van der Waals surface area (Å²) in [6, 6.07) is 6.00. The lowest BCUT2D eigenvalue weighted by molar-refractivity contribution is -0.0498. The fourth-order valence-corrected chi connectivity index (χ4v) is 2.04. The third-order valence-electron chi connectivity index (χ3n) is 2.93. The molecule has 108 valence electrons. The summed E-state index contributed by atoms with van der Waals surface area (Å²) in [4.78, 5) is 4.26. The van der Waals surface area contributed by atoms with Gasteiger partial charge in [0.2, 0.25) is 0 Å². The van der Waals surface area contributed by atoms with Gasteiger partial charge in [-0.15, -0.1) is 0 Å². The Morgan fingerprint density at radius 2 is 2.25 bits per heavy atom. The van der Waals surface area contributed by atoms with Crippen LogP contribution in [0.4, 0.5) is 8.78 Å². The molecule has 0 amide bonds. The van der Waals surface area contributed by atoms with Gasteiger partial charge in [0, 0.05) is 18.9 Å². The Bertz CT molecular complexity index is 559. The Kier molecular flexibility index (Phi) is 4.65. The molecule has 0 aliphatic heterocycles. The van der Waals surface area contributed by atoms with E-state index < -0.39 is 12.7 Å². The number of aromatic nitrogens is 2. The standard InChI is InChI=1S/C13H16F2N4O/c1-2-19-7-6-17-12(19)11(18-16)9-4-3-5-10(8-9)20-13(14)15/h3-8,11,13,18H,2,16H2,1H3. The Hall–Kier alpha value is -1.99. The maximum absolute atomic E-state index is 12.2. The molecule has 1 unspecified atom stereocenters. The number of alkyl halides is 2. The molecule has 1 heterocycles. The zero-order chi connectivity index (χ0) is 14.5. The van der Waals surface area contributed by atoms with Crippen LogP contribution in [0.25, 0.3) is 0 Å². The molecule has 20 heavy (non-hydrogen) atoms. The highest BCUT2D eigenvalue weighted by Crippen LogP contribution is 2.24. The largest absolute Gasteiger partial charge is 0.435 e. The predicted molar refractivity (Wildman–Crippen MR) is 70.1 cm³/mol. The Balaban J connectivity index is 2.32. The molecule has 0 aliphatic carbocycles. The molecular weight excluding hydrogens is 266 g/mol. The number of ether oxygens (including phenoxy) is 1. The molecule has 0 saturated carbocycles. The molecule has 5 nitrogen and oxygen atoms in total. The molecule has 2 aromatic rings. The number of nitrogens with zero attached hydrogens (tertiary/aromatic N) is 2. The van der Waals surface area contributed by atoms with Crippen molar-refractivity contribution in [1.82, 2.24) is 15.0 Å². The van der Waals surface area contributed by atoms with Gasteiger partial charge in [0.1, 0.15) is 17.6 Å². The van der Waals surface area contributed by atoms with Gasteiger partial charge in [0.15, 0.2) is 0 Å². The summed E-state index contributed by atoms with van der Waals surface area (Å²) >= 11 is 0. The summed E-state index contributed by atoms with van der Waals surface area (Å²) < 4.78 is 30.8. The van der Waals surface area contributed by atoms with E-state index in [1.165, 1.54) is 12.1 Å². The molecule has 1 aromatic heterocycles. The van der Waals surface area contributed by atoms with E-state index in [0.29, 0.717) is 11.4 Å². The lowest BCUT2D eigenvalue weighted by atomic mass is 10.1. The minimum atomic E-state index is -2.85. The molecule has 1 aromatic carbocycles. The summed E-state index contributed by atoms with van der Waals surface area (Å²) in [6.45, 7) is -0.136. The quantitative estimate of drug-likeness (QED) is 0.628. The average Bonchev–Trinajstić information content (AvgIpc) is 2.87. The van der Waals surface area contributed by atoms with Gasteiger partial charge in [-0.25, -0.2) is 10.4 Å². The summed E-state index contributed by atoms with van der Waals surface area (Å²) in [5.74, 6) is 6.38. The van der Waals surface area contributed by atoms with Crippen molar-refractivity contribution in [3.05, 3.63) is 48.0 Å². The van der Waals surface area contributed by atoms with Gasteiger partial charge < -0.3 is 9.30 Å². The van der Waals surface area contributed by atoms with Gasteiger partial charge in [0.05, 0.1) is 0 Å². The van der Waals surface area contributed by atoms with Gasteiger partial charge in [0.25, 0.3) is 0 Å². The van der Waals surface area contributed by atoms with Crippen LogP contribution in [-0.4, -0.2) is 16.2 Å². The number of benzene rings is 1. The molecule has 0 saturated heterocycles. The monoisotopic (exact) mass is 282 g/mol. The highest BCUT2D eigenvalue weighted by Gasteiger charge is 2.18. The van der Waals surface area contributed by atoms with Crippen molar-refractivity contribution in [2.75, 3.05) is 0 Å². The van der Waals surface area contributed by atoms with Gasteiger partial charge in [-0.1, -0.05) is 12.1 Å². The molecule has 0 aliphatic rings. The second-order valence-corrected chi connectivity index (χ2v) is 4.12. The van der Waals surface area contributed by atoms with Crippen LogP contribution in [-0.2, 0) is 6.54 Å². The van der Waals surface area contributed by atoms with Crippen molar-refractivity contribution in [2.45, 2.75) is 26.1 Å². The first kappa shape index (κ1) is 14.4. The van der Waals surface area contributed by atoms with E-state index in [2.05, 4.69) is 15.1 Å². The number of halogens is 2. The fraction of sp³-hybridized carbons (Fsp3) is 0.308. The third kappa shape index (κ3) is 3.12. The van der Waals surface area contributed by atoms with Crippen molar-refractivity contribution in [3.63, 3.8) is 0 Å². The Morgan fingerprint density at radius 3 is 2.90 bits per heavy atom. The molecule has 2 rings (SSSR count). The van der Waals surface area contributed by atoms with Crippen LogP contribution < -0.4 is 16.0 Å². The number of nitrogens with one attached hydrogen (secondary N) is 1. The number of aryl methyl sites for hydroxylation is 1. The molecule has 3 N–H and O–H groups in total. The van der Waals surface area contributed by atoms with E-state index in [1.54, 1.807) is 18.3 Å². The fourth-order valence-electron chi connectivity index (χ4n) is 2.04. The summed E-state index contributed by atoms with van der Waals surface area (Å²) in [5.41, 5.74) is 3.35. The zero-order valence-electron chi connectivity index (χ0n) is 11.0. The van der Waals surface area contributed by atoms with E-state index in [9.17, 15) is 8.78 Å². The number of hydrogen-bond acceptors (Lipinski definition) is 4. The average molecular weight is 282 g/mol. The zero-order valence-corrected chi connectivity index (χ0v) is 11.0. The predicted octanol–water partition coefficient (Wildman–Crippen LogP) is 2.06. The molecule has 7 heteroatoms. The SMILES string of the molecule is CCn1ccnc1C(NN)c1cccc(OC(F)F)c1. The van der Waals surface area contributed by atoms with Crippen LogP contribution in [0.2, 0.25) is 0 Å². The summed E-state index contributed by atoms with van der Waals surface area (Å²) in [5, 5.41) is 0. The number of hydrogen-bond donors (Lipinski definition) is 2. The van der Waals surface area contributed by atoms with Crippen LogP contribution in [0.15, 0.2) is 36.7 Å². The van der Waals surface area contributed by atoms with Crippen LogP contribution in [0, 0.1) is 0 Å². The van der Waals surface area contributed by atoms with Crippen LogP contribution >= 0.6 is 0 Å². The van der Waals surface area contributed by atoms with E-state index in [1.807, 2.05) is 17.7 Å². The van der Waals surface area contributed by atoms with Crippen molar-refractivity contribution in [2.24, 2.45) is 5.84 Å². The normalized spacial score (nSPS) is 12.7. The third-order valence-corrected chi connectivity index (χ3v) is 2.93. The van der Waals surface area contributed by atoms with Gasteiger partial charge in [-0.2, -0.15) is 8.78 Å². The van der Waals surface area contributed by atoms with Crippen molar-refractivity contribution in [3.8, 4) is 5.75 Å². The Labute approximate surface area is 115 Å². The topological polar surface area (TPSA) is 65.1 Å². The van der Waals surface area contributed by atoms with Crippen molar-refractivity contribution < 1.29 is 13.5 Å². The van der Waals surface area contributed by atoms with Crippen molar-refractivity contribution >= 4 is 0 Å². The first-order valence-electron chi connectivity index (χ1n) is 6.17. The minimum absolute atomic E-state index is 0.0901. The van der Waals surface area contributed by atoms with E-state index in [-0.39, 0.29) is 5.75 Å². The van der Waals surface area contributed by atoms with Crippen LogP contribution in [0.3, 0.4) is 0 Å². The van der Waals surface area contributed by atoms with E-state index in [4.69, 9.17) is 5.84 Å². The number of imidazole rings is 1. The molecule has 1 atom stereocenters. The second kappa shape index (κ2) is 6.44. The lowest BCUT2D eigenvalue weighted by Gasteiger charge is -2.18. The molecular formula is C13H16F2N4O. The molecule has 0 spiro atoms.